The molecule has 2 nitrogen and oxygen atoms in total. The molecule has 0 amide bonds. The number of benzene rings is 2. The van der Waals surface area contributed by atoms with Crippen LogP contribution in [0.5, 0.6) is 0 Å². The van der Waals surface area contributed by atoms with Gasteiger partial charge in [0.25, 0.3) is 0 Å². The predicted molar refractivity (Wildman–Crippen MR) is 98.0 cm³/mol. The molecule has 1 aliphatic carbocycles. The van der Waals surface area contributed by atoms with Gasteiger partial charge >= 0.3 is 0 Å². The molecule has 120 valence electrons. The van der Waals surface area contributed by atoms with Crippen molar-refractivity contribution < 1.29 is 0 Å². The van der Waals surface area contributed by atoms with Gasteiger partial charge in [0.1, 0.15) is 0 Å². The molecule has 2 aromatic carbocycles. The molecule has 4 rings (SSSR count). The lowest BCUT2D eigenvalue weighted by Crippen LogP contribution is -2.15. The molecule has 0 saturated carbocycles. The van der Waals surface area contributed by atoms with Gasteiger partial charge in [-0.3, -0.25) is 0 Å². The Morgan fingerprint density at radius 3 is 2.67 bits per heavy atom. The second-order valence-electron chi connectivity index (χ2n) is 6.74. The standard InChI is InChI=1S/C22H22N2/c23-15-7-11-18-10-6-13-20-19-12-4-5-14-21(19)24(22(18)20)16-17-8-2-1-3-9-17/h1-5,8-9,12,14,18H,6-7,10-11,13,16H2. The van der Waals surface area contributed by atoms with Crippen molar-refractivity contribution in [2.45, 2.75) is 44.6 Å². The maximum Gasteiger partial charge on any atom is 0.0621 e. The van der Waals surface area contributed by atoms with Gasteiger partial charge in [-0.25, -0.2) is 0 Å². The van der Waals surface area contributed by atoms with Gasteiger partial charge in [-0.15, -0.1) is 0 Å². The highest BCUT2D eigenvalue weighted by Gasteiger charge is 2.27. The number of nitriles is 1. The van der Waals surface area contributed by atoms with E-state index in [1.165, 1.54) is 47.0 Å². The lowest BCUT2D eigenvalue weighted by atomic mass is 9.84. The van der Waals surface area contributed by atoms with Crippen LogP contribution >= 0.6 is 0 Å². The first-order valence-corrected chi connectivity index (χ1v) is 8.89. The third-order valence-corrected chi connectivity index (χ3v) is 5.27. The highest BCUT2D eigenvalue weighted by atomic mass is 15.0. The summed E-state index contributed by atoms with van der Waals surface area (Å²) in [5.74, 6) is 0.518. The average Bonchev–Trinajstić information content (AvgIpc) is 2.96. The van der Waals surface area contributed by atoms with Crippen LogP contribution in [0.4, 0.5) is 0 Å². The second kappa shape index (κ2) is 6.53. The number of nitrogens with zero attached hydrogens (tertiary/aromatic N) is 2. The number of aromatic nitrogens is 1. The summed E-state index contributed by atoms with van der Waals surface area (Å²) in [5.41, 5.74) is 5.69. The summed E-state index contributed by atoms with van der Waals surface area (Å²) in [4.78, 5) is 0. The van der Waals surface area contributed by atoms with E-state index < -0.39 is 0 Å². The third-order valence-electron chi connectivity index (χ3n) is 5.27. The summed E-state index contributed by atoms with van der Waals surface area (Å²) in [6.45, 7) is 0.916. The number of para-hydroxylation sites is 1. The fourth-order valence-electron chi connectivity index (χ4n) is 4.24. The first kappa shape index (κ1) is 15.0. The highest BCUT2D eigenvalue weighted by Crippen LogP contribution is 2.40. The van der Waals surface area contributed by atoms with Crippen LogP contribution in [0, 0.1) is 11.3 Å². The predicted octanol–water partition coefficient (Wildman–Crippen LogP) is 5.41. The molecule has 0 N–H and O–H groups in total. The number of hydrogen-bond donors (Lipinski definition) is 0. The zero-order valence-electron chi connectivity index (χ0n) is 13.9. The van der Waals surface area contributed by atoms with Crippen molar-refractivity contribution in [3.05, 3.63) is 71.4 Å². The highest BCUT2D eigenvalue weighted by molar-refractivity contribution is 5.86. The molecule has 2 heteroatoms. The smallest absolute Gasteiger partial charge is 0.0621 e. The zero-order valence-corrected chi connectivity index (χ0v) is 13.9. The molecule has 3 aromatic rings. The van der Waals surface area contributed by atoms with Gasteiger partial charge in [0.15, 0.2) is 0 Å². The molecule has 1 unspecified atom stereocenters. The van der Waals surface area contributed by atoms with Gasteiger partial charge < -0.3 is 4.57 Å². The molecule has 0 aliphatic heterocycles. The molecular formula is C22H22N2. The van der Waals surface area contributed by atoms with Crippen LogP contribution in [0.2, 0.25) is 0 Å². The van der Waals surface area contributed by atoms with E-state index in [2.05, 4.69) is 65.2 Å². The van der Waals surface area contributed by atoms with E-state index in [-0.39, 0.29) is 0 Å². The maximum atomic E-state index is 9.03. The molecule has 1 heterocycles. The van der Waals surface area contributed by atoms with E-state index in [9.17, 15) is 0 Å². The summed E-state index contributed by atoms with van der Waals surface area (Å²) in [5, 5.41) is 10.4. The minimum atomic E-state index is 0.518. The minimum Gasteiger partial charge on any atom is -0.340 e. The quantitative estimate of drug-likeness (QED) is 0.632. The van der Waals surface area contributed by atoms with E-state index in [0.29, 0.717) is 12.3 Å². The SMILES string of the molecule is N#CCCC1CCCc2c1n(Cc1ccccc1)c1ccccc21. The van der Waals surface area contributed by atoms with Crippen LogP contribution in [-0.2, 0) is 13.0 Å². The Morgan fingerprint density at radius 2 is 1.83 bits per heavy atom. The number of rotatable bonds is 4. The molecule has 0 bridgehead atoms. The fraction of sp³-hybridized carbons (Fsp3) is 0.318. The summed E-state index contributed by atoms with van der Waals surface area (Å²) in [6.07, 6.45) is 5.24. The van der Waals surface area contributed by atoms with Gasteiger partial charge in [0.05, 0.1) is 6.07 Å². The van der Waals surface area contributed by atoms with Crippen molar-refractivity contribution in [2.75, 3.05) is 0 Å². The third kappa shape index (κ3) is 2.61. The van der Waals surface area contributed by atoms with E-state index >= 15 is 0 Å². The molecule has 0 radical (unpaired) electrons. The topological polar surface area (TPSA) is 28.7 Å². The van der Waals surface area contributed by atoms with E-state index in [4.69, 9.17) is 5.26 Å². The summed E-state index contributed by atoms with van der Waals surface area (Å²) in [6, 6.07) is 21.8. The molecular weight excluding hydrogens is 292 g/mol. The monoisotopic (exact) mass is 314 g/mol. The van der Waals surface area contributed by atoms with Crippen molar-refractivity contribution >= 4 is 10.9 Å². The lowest BCUT2D eigenvalue weighted by molar-refractivity contribution is 0.496. The van der Waals surface area contributed by atoms with E-state index in [1.807, 2.05) is 0 Å². The summed E-state index contributed by atoms with van der Waals surface area (Å²) < 4.78 is 2.52. The van der Waals surface area contributed by atoms with E-state index in [1.54, 1.807) is 0 Å². The molecule has 1 aliphatic rings. The maximum absolute atomic E-state index is 9.03. The van der Waals surface area contributed by atoms with Crippen molar-refractivity contribution in [3.63, 3.8) is 0 Å². The van der Waals surface area contributed by atoms with Crippen molar-refractivity contribution in [1.82, 2.24) is 4.57 Å². The van der Waals surface area contributed by atoms with Crippen LogP contribution in [0.15, 0.2) is 54.6 Å². The van der Waals surface area contributed by atoms with Gasteiger partial charge in [-0.2, -0.15) is 5.26 Å². The fourth-order valence-corrected chi connectivity index (χ4v) is 4.24. The van der Waals surface area contributed by atoms with Crippen LogP contribution < -0.4 is 0 Å². The molecule has 24 heavy (non-hydrogen) atoms. The van der Waals surface area contributed by atoms with Crippen LogP contribution in [0.1, 0.15) is 48.4 Å². The Bertz CT molecular complexity index is 883. The van der Waals surface area contributed by atoms with Crippen molar-refractivity contribution in [2.24, 2.45) is 0 Å². The average molecular weight is 314 g/mol. The first-order chi connectivity index (χ1) is 11.9. The molecule has 0 fully saturated rings. The number of fused-ring (bicyclic) bond motifs is 3. The van der Waals surface area contributed by atoms with Crippen LogP contribution in [0.3, 0.4) is 0 Å². The zero-order chi connectivity index (χ0) is 16.4. The Morgan fingerprint density at radius 1 is 1.04 bits per heavy atom. The van der Waals surface area contributed by atoms with E-state index in [0.717, 1.165) is 13.0 Å². The van der Waals surface area contributed by atoms with Crippen LogP contribution in [-0.4, -0.2) is 4.57 Å². The van der Waals surface area contributed by atoms with Gasteiger partial charge in [0.2, 0.25) is 0 Å². The van der Waals surface area contributed by atoms with Crippen LogP contribution in [0.25, 0.3) is 10.9 Å². The largest absolute Gasteiger partial charge is 0.340 e. The molecule has 0 saturated heterocycles. The Balaban J connectivity index is 1.86. The molecule has 1 aromatic heterocycles. The van der Waals surface area contributed by atoms with Crippen molar-refractivity contribution in [1.29, 1.82) is 5.26 Å². The molecule has 0 spiro atoms. The van der Waals surface area contributed by atoms with Crippen molar-refractivity contribution in [3.8, 4) is 6.07 Å². The Kier molecular flexibility index (Phi) is 4.09. The Labute approximate surface area is 143 Å². The second-order valence-corrected chi connectivity index (χ2v) is 6.74. The number of hydrogen-bond acceptors (Lipinski definition) is 1. The molecule has 1 atom stereocenters. The normalized spacial score (nSPS) is 16.7. The van der Waals surface area contributed by atoms with Gasteiger partial charge in [-0.05, 0) is 42.9 Å². The van der Waals surface area contributed by atoms with Gasteiger partial charge in [-0.1, -0.05) is 48.5 Å². The summed E-state index contributed by atoms with van der Waals surface area (Å²) in [7, 11) is 0. The van der Waals surface area contributed by atoms with Gasteiger partial charge in [0, 0.05) is 35.5 Å². The number of aryl methyl sites for hydroxylation is 1. The Hall–Kier alpha value is -2.53. The minimum absolute atomic E-state index is 0.518. The first-order valence-electron chi connectivity index (χ1n) is 8.89. The lowest BCUT2D eigenvalue weighted by Gasteiger charge is -2.25. The summed E-state index contributed by atoms with van der Waals surface area (Å²) >= 11 is 0.